The second kappa shape index (κ2) is 4.60. The first-order valence-electron chi connectivity index (χ1n) is 4.75. The van der Waals surface area contributed by atoms with Crippen LogP contribution in [-0.2, 0) is 6.18 Å². The number of halogens is 4. The first-order chi connectivity index (χ1) is 8.43. The average molecular weight is 322 g/mol. The summed E-state index contributed by atoms with van der Waals surface area (Å²) in [5, 5.41) is 6.72. The van der Waals surface area contributed by atoms with E-state index < -0.39 is 11.9 Å². The van der Waals surface area contributed by atoms with Gasteiger partial charge in [-0.05, 0) is 34.1 Å². The number of methoxy groups -OCH3 is 1. The van der Waals surface area contributed by atoms with Crippen LogP contribution in [0.4, 0.5) is 13.2 Å². The highest BCUT2D eigenvalue weighted by molar-refractivity contribution is 9.10. The maximum atomic E-state index is 12.7. The number of ether oxygens (including phenoxy) is 1. The summed E-state index contributed by atoms with van der Waals surface area (Å²) in [6.07, 6.45) is -3.83. The number of aromatic nitrogens is 3. The molecular formula is C10H7BrF3N3O. The molecule has 2 aromatic rings. The van der Waals surface area contributed by atoms with Crippen molar-refractivity contribution in [2.45, 2.75) is 6.18 Å². The highest BCUT2D eigenvalue weighted by Gasteiger charge is 2.36. The first kappa shape index (κ1) is 12.9. The SMILES string of the molecule is COc1ccc(-n2nncc2C(F)(F)F)cc1Br. The van der Waals surface area contributed by atoms with Gasteiger partial charge in [0.1, 0.15) is 5.75 Å². The summed E-state index contributed by atoms with van der Waals surface area (Å²) in [6.45, 7) is 0. The van der Waals surface area contributed by atoms with Crippen molar-refractivity contribution in [1.29, 1.82) is 0 Å². The highest BCUT2D eigenvalue weighted by atomic mass is 79.9. The van der Waals surface area contributed by atoms with Crippen molar-refractivity contribution >= 4 is 15.9 Å². The fourth-order valence-electron chi connectivity index (χ4n) is 1.41. The molecule has 0 amide bonds. The fourth-order valence-corrected chi connectivity index (χ4v) is 1.93. The Morgan fingerprint density at radius 3 is 2.61 bits per heavy atom. The molecule has 0 bridgehead atoms. The van der Waals surface area contributed by atoms with E-state index in [4.69, 9.17) is 4.74 Å². The van der Waals surface area contributed by atoms with Crippen LogP contribution in [0.25, 0.3) is 5.69 Å². The topological polar surface area (TPSA) is 39.9 Å². The number of nitrogens with zero attached hydrogens (tertiary/aromatic N) is 3. The molecular weight excluding hydrogens is 315 g/mol. The molecule has 4 nitrogen and oxygen atoms in total. The highest BCUT2D eigenvalue weighted by Crippen LogP contribution is 2.32. The first-order valence-corrected chi connectivity index (χ1v) is 5.54. The van der Waals surface area contributed by atoms with Crippen LogP contribution in [0.15, 0.2) is 28.9 Å². The van der Waals surface area contributed by atoms with Crippen LogP contribution in [0.5, 0.6) is 5.75 Å². The Balaban J connectivity index is 2.50. The molecule has 0 saturated carbocycles. The van der Waals surface area contributed by atoms with Gasteiger partial charge in [-0.15, -0.1) is 5.10 Å². The van der Waals surface area contributed by atoms with E-state index in [-0.39, 0.29) is 5.69 Å². The van der Waals surface area contributed by atoms with Crippen LogP contribution in [0.3, 0.4) is 0 Å². The number of rotatable bonds is 2. The van der Waals surface area contributed by atoms with E-state index in [0.717, 1.165) is 4.68 Å². The molecule has 0 fully saturated rings. The van der Waals surface area contributed by atoms with Gasteiger partial charge < -0.3 is 4.74 Å². The van der Waals surface area contributed by atoms with Crippen LogP contribution in [0.1, 0.15) is 5.69 Å². The van der Waals surface area contributed by atoms with Gasteiger partial charge in [-0.1, -0.05) is 5.21 Å². The van der Waals surface area contributed by atoms with Crippen LogP contribution in [0.2, 0.25) is 0 Å². The molecule has 0 spiro atoms. The Morgan fingerprint density at radius 2 is 2.06 bits per heavy atom. The van der Waals surface area contributed by atoms with Gasteiger partial charge in [-0.2, -0.15) is 13.2 Å². The molecule has 0 radical (unpaired) electrons. The average Bonchev–Trinajstić information content (AvgIpc) is 2.77. The van der Waals surface area contributed by atoms with Crippen molar-refractivity contribution in [2.75, 3.05) is 7.11 Å². The molecule has 2 rings (SSSR count). The lowest BCUT2D eigenvalue weighted by Crippen LogP contribution is -2.13. The molecule has 0 unspecified atom stereocenters. The quantitative estimate of drug-likeness (QED) is 0.853. The lowest BCUT2D eigenvalue weighted by Gasteiger charge is -2.10. The van der Waals surface area contributed by atoms with Crippen molar-refractivity contribution in [3.63, 3.8) is 0 Å². The molecule has 1 aromatic carbocycles. The van der Waals surface area contributed by atoms with E-state index in [2.05, 4.69) is 26.2 Å². The monoisotopic (exact) mass is 321 g/mol. The molecule has 0 atom stereocenters. The zero-order valence-corrected chi connectivity index (χ0v) is 10.7. The number of hydrogen-bond donors (Lipinski definition) is 0. The Morgan fingerprint density at radius 1 is 1.33 bits per heavy atom. The molecule has 0 N–H and O–H groups in total. The molecule has 8 heteroatoms. The van der Waals surface area contributed by atoms with Crippen LogP contribution < -0.4 is 4.74 Å². The normalized spacial score (nSPS) is 11.6. The minimum absolute atomic E-state index is 0.243. The Hall–Kier alpha value is -1.57. The minimum atomic E-state index is -4.50. The molecule has 18 heavy (non-hydrogen) atoms. The Kier molecular flexibility index (Phi) is 3.29. The zero-order valence-electron chi connectivity index (χ0n) is 9.07. The van der Waals surface area contributed by atoms with Crippen molar-refractivity contribution in [1.82, 2.24) is 15.0 Å². The predicted molar refractivity (Wildman–Crippen MR) is 60.6 cm³/mol. The van der Waals surface area contributed by atoms with Gasteiger partial charge in [0, 0.05) is 0 Å². The number of benzene rings is 1. The van der Waals surface area contributed by atoms with Crippen molar-refractivity contribution in [3.8, 4) is 11.4 Å². The summed E-state index contributed by atoms with van der Waals surface area (Å²) in [5.41, 5.74) is -0.688. The van der Waals surface area contributed by atoms with Gasteiger partial charge in [0.2, 0.25) is 0 Å². The van der Waals surface area contributed by atoms with E-state index in [0.29, 0.717) is 16.4 Å². The van der Waals surface area contributed by atoms with Gasteiger partial charge in [0.15, 0.2) is 5.69 Å². The maximum Gasteiger partial charge on any atom is 0.435 e. The predicted octanol–water partition coefficient (Wildman–Crippen LogP) is 3.06. The summed E-state index contributed by atoms with van der Waals surface area (Å²) < 4.78 is 44.3. The van der Waals surface area contributed by atoms with Gasteiger partial charge in [0.25, 0.3) is 0 Å². The lowest BCUT2D eigenvalue weighted by atomic mass is 10.3. The second-order valence-corrected chi connectivity index (χ2v) is 4.20. The molecule has 96 valence electrons. The summed E-state index contributed by atoms with van der Waals surface area (Å²) in [7, 11) is 1.47. The van der Waals surface area contributed by atoms with Crippen LogP contribution in [-0.4, -0.2) is 22.1 Å². The molecule has 0 aliphatic carbocycles. The molecule has 0 saturated heterocycles. The third-order valence-electron chi connectivity index (χ3n) is 2.22. The van der Waals surface area contributed by atoms with Crippen LogP contribution in [0, 0.1) is 0 Å². The van der Waals surface area contributed by atoms with E-state index >= 15 is 0 Å². The van der Waals surface area contributed by atoms with E-state index in [1.54, 1.807) is 6.07 Å². The van der Waals surface area contributed by atoms with Crippen molar-refractivity contribution in [2.24, 2.45) is 0 Å². The van der Waals surface area contributed by atoms with Gasteiger partial charge in [-0.25, -0.2) is 4.68 Å². The molecule has 1 aromatic heterocycles. The van der Waals surface area contributed by atoms with Crippen molar-refractivity contribution < 1.29 is 17.9 Å². The molecule has 0 aliphatic heterocycles. The van der Waals surface area contributed by atoms with Gasteiger partial charge in [0.05, 0.1) is 23.5 Å². The lowest BCUT2D eigenvalue weighted by molar-refractivity contribution is -0.142. The Bertz CT molecular complexity index is 568. The third-order valence-corrected chi connectivity index (χ3v) is 2.84. The summed E-state index contributed by atoms with van der Waals surface area (Å²) in [5.74, 6) is 0.521. The van der Waals surface area contributed by atoms with E-state index in [9.17, 15) is 13.2 Å². The smallest absolute Gasteiger partial charge is 0.435 e. The molecule has 0 aliphatic rings. The summed E-state index contributed by atoms with van der Waals surface area (Å²) in [6, 6.07) is 4.48. The number of alkyl halides is 3. The summed E-state index contributed by atoms with van der Waals surface area (Å²) >= 11 is 3.20. The second-order valence-electron chi connectivity index (χ2n) is 3.35. The summed E-state index contributed by atoms with van der Waals surface area (Å²) in [4.78, 5) is 0. The van der Waals surface area contributed by atoms with Gasteiger partial charge in [-0.3, -0.25) is 0 Å². The Labute approximate surface area is 108 Å². The van der Waals surface area contributed by atoms with Gasteiger partial charge >= 0.3 is 6.18 Å². The largest absolute Gasteiger partial charge is 0.496 e. The standard InChI is InChI=1S/C10H7BrF3N3O/c1-18-8-3-2-6(4-7(8)11)17-9(5-15-16-17)10(12,13)14/h2-5H,1H3. The molecule has 1 heterocycles. The zero-order chi connectivity index (χ0) is 13.3. The minimum Gasteiger partial charge on any atom is -0.496 e. The fraction of sp³-hybridized carbons (Fsp3) is 0.200. The third kappa shape index (κ3) is 2.33. The van der Waals surface area contributed by atoms with E-state index in [1.807, 2.05) is 0 Å². The van der Waals surface area contributed by atoms with Crippen LogP contribution >= 0.6 is 15.9 Å². The van der Waals surface area contributed by atoms with Crippen molar-refractivity contribution in [3.05, 3.63) is 34.6 Å². The number of hydrogen-bond acceptors (Lipinski definition) is 3. The maximum absolute atomic E-state index is 12.7. The van der Waals surface area contributed by atoms with E-state index in [1.165, 1.54) is 19.2 Å².